The van der Waals surface area contributed by atoms with Crippen molar-refractivity contribution in [1.29, 1.82) is 0 Å². The number of carbonyl (C=O) groups excluding carboxylic acids is 3. The van der Waals surface area contributed by atoms with Crippen LogP contribution in [-0.2, 0) is 6.42 Å². The molecule has 0 saturated heterocycles. The van der Waals surface area contributed by atoms with E-state index < -0.39 is 17.7 Å². The van der Waals surface area contributed by atoms with E-state index in [4.69, 9.17) is 10.8 Å². The molecule has 0 atom stereocenters. The second-order valence-electron chi connectivity index (χ2n) is 4.80. The van der Waals surface area contributed by atoms with Gasteiger partial charge in [-0.15, -0.1) is 0 Å². The SMILES string of the molecule is NC(=O)c1ccc2c3c(ccc(CCO)c13)C(=O)NC2=O. The molecule has 1 aliphatic heterocycles. The molecule has 0 radical (unpaired) electrons. The predicted octanol–water partition coefficient (Wildman–Crippen LogP) is 0.357. The number of hydrogen-bond donors (Lipinski definition) is 3. The summed E-state index contributed by atoms with van der Waals surface area (Å²) < 4.78 is 0. The fourth-order valence-electron chi connectivity index (χ4n) is 2.72. The molecule has 2 aromatic carbocycles. The van der Waals surface area contributed by atoms with Crippen molar-refractivity contribution in [3.8, 4) is 0 Å². The number of rotatable bonds is 3. The first-order valence-corrected chi connectivity index (χ1v) is 6.39. The van der Waals surface area contributed by atoms with Gasteiger partial charge in [0.05, 0.1) is 0 Å². The van der Waals surface area contributed by atoms with E-state index in [2.05, 4.69) is 5.32 Å². The van der Waals surface area contributed by atoms with Gasteiger partial charge in [-0.25, -0.2) is 0 Å². The average Bonchev–Trinajstić information content (AvgIpc) is 2.45. The molecule has 0 aromatic heterocycles. The summed E-state index contributed by atoms with van der Waals surface area (Å²) in [6.07, 6.45) is 0.302. The Balaban J connectivity index is 2.50. The zero-order valence-corrected chi connectivity index (χ0v) is 11.0. The Morgan fingerprint density at radius 1 is 1.05 bits per heavy atom. The molecule has 0 spiro atoms. The summed E-state index contributed by atoms with van der Waals surface area (Å²) in [5.41, 5.74) is 6.95. The number of aliphatic hydroxyl groups excluding tert-OH is 1. The Morgan fingerprint density at radius 3 is 2.24 bits per heavy atom. The second kappa shape index (κ2) is 4.68. The Kier molecular flexibility index (Phi) is 2.95. The molecule has 3 amide bonds. The van der Waals surface area contributed by atoms with Crippen molar-refractivity contribution < 1.29 is 19.5 Å². The number of aliphatic hydroxyl groups is 1. The van der Waals surface area contributed by atoms with E-state index in [1.165, 1.54) is 12.1 Å². The fraction of sp³-hybridized carbons (Fsp3) is 0.133. The van der Waals surface area contributed by atoms with Gasteiger partial charge in [-0.1, -0.05) is 6.07 Å². The molecule has 1 aliphatic rings. The molecular formula is C15H12N2O4. The molecule has 6 heteroatoms. The molecule has 0 fully saturated rings. The van der Waals surface area contributed by atoms with E-state index in [0.717, 1.165) is 0 Å². The minimum absolute atomic E-state index is 0.114. The molecule has 0 aliphatic carbocycles. The topological polar surface area (TPSA) is 109 Å². The summed E-state index contributed by atoms with van der Waals surface area (Å²) in [6.45, 7) is -0.114. The second-order valence-corrected chi connectivity index (χ2v) is 4.80. The lowest BCUT2D eigenvalue weighted by Gasteiger charge is -2.20. The van der Waals surface area contributed by atoms with Gasteiger partial charge in [0.15, 0.2) is 0 Å². The number of nitrogens with one attached hydrogen (secondary N) is 1. The van der Waals surface area contributed by atoms with Crippen molar-refractivity contribution in [2.45, 2.75) is 6.42 Å². The van der Waals surface area contributed by atoms with Gasteiger partial charge >= 0.3 is 0 Å². The Bertz CT molecular complexity index is 791. The van der Waals surface area contributed by atoms with Crippen molar-refractivity contribution in [3.05, 3.63) is 46.5 Å². The summed E-state index contributed by atoms with van der Waals surface area (Å²) in [7, 11) is 0. The summed E-state index contributed by atoms with van der Waals surface area (Å²) in [5, 5.41) is 12.3. The first-order valence-electron chi connectivity index (χ1n) is 6.39. The molecule has 0 unspecified atom stereocenters. The third-order valence-corrected chi connectivity index (χ3v) is 3.61. The van der Waals surface area contributed by atoms with Crippen molar-refractivity contribution in [3.63, 3.8) is 0 Å². The van der Waals surface area contributed by atoms with Crippen LogP contribution >= 0.6 is 0 Å². The highest BCUT2D eigenvalue weighted by Gasteiger charge is 2.27. The van der Waals surface area contributed by atoms with Crippen LogP contribution in [0.4, 0.5) is 0 Å². The maximum absolute atomic E-state index is 11.9. The van der Waals surface area contributed by atoms with Crippen molar-refractivity contribution in [2.24, 2.45) is 5.73 Å². The molecule has 0 saturated carbocycles. The van der Waals surface area contributed by atoms with Crippen LogP contribution in [0.15, 0.2) is 24.3 Å². The minimum atomic E-state index is -0.642. The van der Waals surface area contributed by atoms with Crippen molar-refractivity contribution >= 4 is 28.5 Å². The smallest absolute Gasteiger partial charge is 0.258 e. The van der Waals surface area contributed by atoms with Gasteiger partial charge in [0, 0.05) is 28.7 Å². The summed E-state index contributed by atoms with van der Waals surface area (Å²) >= 11 is 0. The van der Waals surface area contributed by atoms with E-state index in [9.17, 15) is 14.4 Å². The predicted molar refractivity (Wildman–Crippen MR) is 75.1 cm³/mol. The quantitative estimate of drug-likeness (QED) is 0.707. The number of nitrogens with two attached hydrogens (primary N) is 1. The maximum Gasteiger partial charge on any atom is 0.258 e. The van der Waals surface area contributed by atoms with Gasteiger partial charge < -0.3 is 10.8 Å². The highest BCUT2D eigenvalue weighted by Crippen LogP contribution is 2.32. The number of hydrogen-bond acceptors (Lipinski definition) is 4. The molecular weight excluding hydrogens is 272 g/mol. The van der Waals surface area contributed by atoms with Crippen LogP contribution in [0.25, 0.3) is 10.8 Å². The number of primary amides is 1. The number of benzene rings is 2. The van der Waals surface area contributed by atoms with Crippen LogP contribution in [0, 0.1) is 0 Å². The lowest BCUT2D eigenvalue weighted by molar-refractivity contribution is 0.0843. The maximum atomic E-state index is 11.9. The molecule has 1 heterocycles. The number of amides is 3. The van der Waals surface area contributed by atoms with Gasteiger partial charge in [-0.05, 0) is 35.6 Å². The van der Waals surface area contributed by atoms with Crippen LogP contribution in [0.3, 0.4) is 0 Å². The lowest BCUT2D eigenvalue weighted by Crippen LogP contribution is -2.35. The van der Waals surface area contributed by atoms with Crippen LogP contribution in [-0.4, -0.2) is 29.4 Å². The Morgan fingerprint density at radius 2 is 1.67 bits per heavy atom. The molecule has 21 heavy (non-hydrogen) atoms. The first kappa shape index (κ1) is 13.3. The molecule has 0 bridgehead atoms. The van der Waals surface area contributed by atoms with E-state index in [1.54, 1.807) is 12.1 Å². The first-order chi connectivity index (χ1) is 10.0. The summed E-state index contributed by atoms with van der Waals surface area (Å²) in [6, 6.07) is 6.21. The monoisotopic (exact) mass is 284 g/mol. The normalized spacial score (nSPS) is 13.4. The third-order valence-electron chi connectivity index (χ3n) is 3.61. The van der Waals surface area contributed by atoms with Crippen LogP contribution in [0.5, 0.6) is 0 Å². The van der Waals surface area contributed by atoms with Crippen LogP contribution < -0.4 is 11.1 Å². The summed E-state index contributed by atoms with van der Waals surface area (Å²) in [4.78, 5) is 35.5. The van der Waals surface area contributed by atoms with Crippen molar-refractivity contribution in [2.75, 3.05) is 6.61 Å². The Hall–Kier alpha value is -2.73. The zero-order chi connectivity index (χ0) is 15.1. The van der Waals surface area contributed by atoms with E-state index in [-0.39, 0.29) is 12.2 Å². The third kappa shape index (κ3) is 1.88. The highest BCUT2D eigenvalue weighted by atomic mass is 16.3. The minimum Gasteiger partial charge on any atom is -0.396 e. The zero-order valence-electron chi connectivity index (χ0n) is 11.0. The largest absolute Gasteiger partial charge is 0.396 e. The van der Waals surface area contributed by atoms with E-state index in [0.29, 0.717) is 33.9 Å². The average molecular weight is 284 g/mol. The lowest BCUT2D eigenvalue weighted by atomic mass is 9.88. The molecule has 3 rings (SSSR count). The molecule has 106 valence electrons. The van der Waals surface area contributed by atoms with Gasteiger partial charge in [-0.2, -0.15) is 0 Å². The molecule has 6 nitrogen and oxygen atoms in total. The molecule has 4 N–H and O–H groups in total. The standard InChI is InChI=1S/C15H12N2O4/c16-13(19)8-3-4-10-12-9(14(20)17-15(10)21)2-1-7(5-6-18)11(8)12/h1-4,18H,5-6H2,(H2,16,19)(H,17,20,21). The summed E-state index contributed by atoms with van der Waals surface area (Å²) in [5.74, 6) is -1.65. The fourth-order valence-corrected chi connectivity index (χ4v) is 2.72. The highest BCUT2D eigenvalue weighted by molar-refractivity contribution is 6.28. The van der Waals surface area contributed by atoms with Crippen LogP contribution in [0.1, 0.15) is 36.6 Å². The van der Waals surface area contributed by atoms with Crippen LogP contribution in [0.2, 0.25) is 0 Å². The number of carbonyl (C=O) groups is 3. The molecule has 2 aromatic rings. The van der Waals surface area contributed by atoms with E-state index in [1.807, 2.05) is 0 Å². The van der Waals surface area contributed by atoms with E-state index >= 15 is 0 Å². The van der Waals surface area contributed by atoms with Gasteiger partial charge in [0.1, 0.15) is 0 Å². The van der Waals surface area contributed by atoms with Crippen molar-refractivity contribution in [1.82, 2.24) is 5.32 Å². The van der Waals surface area contributed by atoms with Gasteiger partial charge in [-0.3, -0.25) is 19.7 Å². The van der Waals surface area contributed by atoms with Gasteiger partial charge in [0.25, 0.3) is 11.8 Å². The van der Waals surface area contributed by atoms with Gasteiger partial charge in [0.2, 0.25) is 5.91 Å². The number of imide groups is 1. The Labute approximate surface area is 119 Å².